The van der Waals surface area contributed by atoms with E-state index in [9.17, 15) is 0 Å². The van der Waals surface area contributed by atoms with Gasteiger partial charge in [0.05, 0.1) is 0 Å². The van der Waals surface area contributed by atoms with Gasteiger partial charge in [-0.15, -0.1) is 0 Å². The van der Waals surface area contributed by atoms with Crippen LogP contribution in [-0.2, 0) is 0 Å². The highest BCUT2D eigenvalue weighted by Crippen LogP contribution is 2.31. The second-order valence-corrected chi connectivity index (χ2v) is 5.83. The van der Waals surface area contributed by atoms with Crippen LogP contribution in [-0.4, -0.2) is 13.1 Å². The molecule has 2 aromatic carbocycles. The molecule has 2 aromatic rings. The lowest BCUT2D eigenvalue weighted by Crippen LogP contribution is -2.33. The Morgan fingerprint density at radius 1 is 0.947 bits per heavy atom. The van der Waals surface area contributed by atoms with Crippen molar-refractivity contribution in [2.75, 3.05) is 11.9 Å². The molecule has 0 aliphatic heterocycles. The van der Waals surface area contributed by atoms with Gasteiger partial charge in [-0.3, -0.25) is 0 Å². The summed E-state index contributed by atoms with van der Waals surface area (Å²) in [4.78, 5) is 2.51. The fourth-order valence-corrected chi connectivity index (χ4v) is 3.46. The normalized spacial score (nSPS) is 16.7. The van der Waals surface area contributed by atoms with Crippen LogP contribution in [0.3, 0.4) is 0 Å². The minimum Gasteiger partial charge on any atom is -0.371 e. The van der Waals surface area contributed by atoms with E-state index < -0.39 is 0 Å². The average molecular weight is 253 g/mol. The van der Waals surface area contributed by atoms with Crippen molar-refractivity contribution in [2.45, 2.75) is 45.1 Å². The van der Waals surface area contributed by atoms with E-state index >= 15 is 0 Å². The molecule has 19 heavy (non-hydrogen) atoms. The Hall–Kier alpha value is -1.50. The predicted octanol–water partition coefficient (Wildman–Crippen LogP) is 4.92. The van der Waals surface area contributed by atoms with Gasteiger partial charge in [0.2, 0.25) is 0 Å². The molecule has 0 atom stereocenters. The van der Waals surface area contributed by atoms with Gasteiger partial charge in [-0.2, -0.15) is 0 Å². The van der Waals surface area contributed by atoms with E-state index in [1.54, 1.807) is 0 Å². The van der Waals surface area contributed by atoms with Crippen LogP contribution in [0.1, 0.15) is 37.7 Å². The van der Waals surface area contributed by atoms with Gasteiger partial charge in [0.25, 0.3) is 0 Å². The van der Waals surface area contributed by atoms with Gasteiger partial charge in [0, 0.05) is 18.8 Å². The second-order valence-electron chi connectivity index (χ2n) is 5.83. The van der Waals surface area contributed by atoms with Crippen LogP contribution < -0.4 is 4.90 Å². The molecular weight excluding hydrogens is 230 g/mol. The smallest absolute Gasteiger partial charge is 0.0402 e. The molecule has 0 radical (unpaired) electrons. The first-order chi connectivity index (χ1) is 9.27. The zero-order valence-electron chi connectivity index (χ0n) is 12.0. The van der Waals surface area contributed by atoms with Crippen molar-refractivity contribution in [3.05, 3.63) is 42.0 Å². The topological polar surface area (TPSA) is 3.24 Å². The molecule has 0 aromatic heterocycles. The summed E-state index contributed by atoms with van der Waals surface area (Å²) in [5.74, 6) is 0. The van der Waals surface area contributed by atoms with Crippen molar-refractivity contribution in [2.24, 2.45) is 0 Å². The van der Waals surface area contributed by atoms with Crippen LogP contribution in [0.15, 0.2) is 36.4 Å². The number of benzene rings is 2. The molecule has 0 saturated heterocycles. The number of nitrogens with zero attached hydrogens (tertiary/aromatic N) is 1. The molecule has 1 aliphatic rings. The first-order valence-corrected chi connectivity index (χ1v) is 7.48. The van der Waals surface area contributed by atoms with E-state index in [1.807, 2.05) is 0 Å². The molecule has 3 rings (SSSR count). The SMILES string of the molecule is Cc1c(N(C)C2CCCCC2)ccc2ccccc12. The molecule has 0 amide bonds. The van der Waals surface area contributed by atoms with Crippen molar-refractivity contribution in [1.82, 2.24) is 0 Å². The van der Waals surface area contributed by atoms with Crippen molar-refractivity contribution in [3.63, 3.8) is 0 Å². The minimum atomic E-state index is 0.730. The van der Waals surface area contributed by atoms with E-state index in [1.165, 1.54) is 54.1 Å². The van der Waals surface area contributed by atoms with E-state index in [-0.39, 0.29) is 0 Å². The standard InChI is InChI=1S/C18H23N/c1-14-17-11-7-6-8-15(17)12-13-18(14)19(2)16-9-4-3-5-10-16/h6-8,11-13,16H,3-5,9-10H2,1-2H3. The maximum atomic E-state index is 2.51. The van der Waals surface area contributed by atoms with E-state index in [0.29, 0.717) is 0 Å². The van der Waals surface area contributed by atoms with Gasteiger partial charge in [0.1, 0.15) is 0 Å². The van der Waals surface area contributed by atoms with Crippen LogP contribution >= 0.6 is 0 Å². The summed E-state index contributed by atoms with van der Waals surface area (Å²) in [6.07, 6.45) is 6.90. The Labute approximate surface area is 116 Å². The second kappa shape index (κ2) is 5.24. The molecule has 1 fully saturated rings. The summed E-state index contributed by atoms with van der Waals surface area (Å²) < 4.78 is 0. The molecule has 1 saturated carbocycles. The number of fused-ring (bicyclic) bond motifs is 1. The summed E-state index contributed by atoms with van der Waals surface area (Å²) in [6, 6.07) is 14.0. The number of hydrogen-bond donors (Lipinski definition) is 0. The monoisotopic (exact) mass is 253 g/mol. The number of aryl methyl sites for hydroxylation is 1. The molecule has 0 heterocycles. The van der Waals surface area contributed by atoms with Gasteiger partial charge in [-0.25, -0.2) is 0 Å². The van der Waals surface area contributed by atoms with Crippen LogP contribution in [0.4, 0.5) is 5.69 Å². The zero-order valence-corrected chi connectivity index (χ0v) is 12.0. The highest BCUT2D eigenvalue weighted by atomic mass is 15.1. The first kappa shape index (κ1) is 12.5. The third-order valence-electron chi connectivity index (χ3n) is 4.67. The maximum Gasteiger partial charge on any atom is 0.0402 e. The highest BCUT2D eigenvalue weighted by Gasteiger charge is 2.19. The van der Waals surface area contributed by atoms with Crippen LogP contribution in [0.5, 0.6) is 0 Å². The van der Waals surface area contributed by atoms with Gasteiger partial charge >= 0.3 is 0 Å². The van der Waals surface area contributed by atoms with E-state index in [2.05, 4.69) is 55.3 Å². The minimum absolute atomic E-state index is 0.730. The summed E-state index contributed by atoms with van der Waals surface area (Å²) in [5.41, 5.74) is 2.83. The zero-order chi connectivity index (χ0) is 13.2. The van der Waals surface area contributed by atoms with Crippen molar-refractivity contribution >= 4 is 16.5 Å². The van der Waals surface area contributed by atoms with Crippen LogP contribution in [0.25, 0.3) is 10.8 Å². The number of rotatable bonds is 2. The van der Waals surface area contributed by atoms with Gasteiger partial charge in [0.15, 0.2) is 0 Å². The van der Waals surface area contributed by atoms with Crippen molar-refractivity contribution < 1.29 is 0 Å². The largest absolute Gasteiger partial charge is 0.371 e. The summed E-state index contributed by atoms with van der Waals surface area (Å²) in [7, 11) is 2.27. The van der Waals surface area contributed by atoms with Gasteiger partial charge in [-0.05, 0) is 42.2 Å². The molecule has 0 bridgehead atoms. The Bertz CT molecular complexity index is 567. The van der Waals surface area contributed by atoms with Gasteiger partial charge in [-0.1, -0.05) is 49.6 Å². The van der Waals surface area contributed by atoms with Gasteiger partial charge < -0.3 is 4.90 Å². The quantitative estimate of drug-likeness (QED) is 0.734. The summed E-state index contributed by atoms with van der Waals surface area (Å²) >= 11 is 0. The molecule has 100 valence electrons. The Morgan fingerprint density at radius 2 is 1.68 bits per heavy atom. The third-order valence-corrected chi connectivity index (χ3v) is 4.67. The van der Waals surface area contributed by atoms with E-state index in [4.69, 9.17) is 0 Å². The lowest BCUT2D eigenvalue weighted by molar-refractivity contribution is 0.427. The van der Waals surface area contributed by atoms with E-state index in [0.717, 1.165) is 6.04 Å². The molecule has 1 aliphatic carbocycles. The van der Waals surface area contributed by atoms with Crippen molar-refractivity contribution in [3.8, 4) is 0 Å². The Kier molecular flexibility index (Phi) is 3.46. The molecule has 0 unspecified atom stereocenters. The van der Waals surface area contributed by atoms with Crippen LogP contribution in [0, 0.1) is 6.92 Å². The Morgan fingerprint density at radius 3 is 2.47 bits per heavy atom. The molecule has 1 heteroatoms. The number of anilines is 1. The van der Waals surface area contributed by atoms with Crippen LogP contribution in [0.2, 0.25) is 0 Å². The third kappa shape index (κ3) is 2.34. The molecule has 0 N–H and O–H groups in total. The maximum absolute atomic E-state index is 2.51. The fourth-order valence-electron chi connectivity index (χ4n) is 3.46. The fraction of sp³-hybridized carbons (Fsp3) is 0.444. The molecule has 0 spiro atoms. The number of hydrogen-bond acceptors (Lipinski definition) is 1. The first-order valence-electron chi connectivity index (χ1n) is 7.48. The average Bonchev–Trinajstić information content (AvgIpc) is 2.48. The lowest BCUT2D eigenvalue weighted by Gasteiger charge is -2.34. The summed E-state index contributed by atoms with van der Waals surface area (Å²) in [5, 5.41) is 2.74. The molecular formula is C18H23N. The molecule has 1 nitrogen and oxygen atoms in total. The summed E-state index contributed by atoms with van der Waals surface area (Å²) in [6.45, 7) is 2.26. The van der Waals surface area contributed by atoms with Crippen molar-refractivity contribution in [1.29, 1.82) is 0 Å². The highest BCUT2D eigenvalue weighted by molar-refractivity contribution is 5.90. The Balaban J connectivity index is 1.97. The predicted molar refractivity (Wildman–Crippen MR) is 84.0 cm³/mol. The lowest BCUT2D eigenvalue weighted by atomic mass is 9.93.